The van der Waals surface area contributed by atoms with E-state index in [0.29, 0.717) is 24.6 Å². The van der Waals surface area contributed by atoms with Gasteiger partial charge < -0.3 is 10.0 Å². The Labute approximate surface area is 145 Å². The molecule has 3 rings (SSSR count). The highest BCUT2D eigenvalue weighted by Crippen LogP contribution is 2.44. The molecule has 1 aliphatic carbocycles. The van der Waals surface area contributed by atoms with Crippen molar-refractivity contribution in [3.8, 4) is 0 Å². The molecule has 1 saturated heterocycles. The molecule has 1 aromatic carbocycles. The summed E-state index contributed by atoms with van der Waals surface area (Å²) in [5.74, 6) is 0.602. The number of alkyl halides is 3. The van der Waals surface area contributed by atoms with E-state index in [1.165, 1.54) is 25.0 Å². The Kier molecular flexibility index (Phi) is 5.09. The summed E-state index contributed by atoms with van der Waals surface area (Å²) in [6, 6.07) is 4.77. The molecular formula is C19H24F3NO2. The summed E-state index contributed by atoms with van der Waals surface area (Å²) in [5.41, 5.74) is -0.319. The first-order valence-corrected chi connectivity index (χ1v) is 8.86. The fraction of sp³-hybridized carbons (Fsp3) is 0.632. The quantitative estimate of drug-likeness (QED) is 0.876. The molecule has 0 bridgehead atoms. The number of nitrogens with zero attached hydrogens (tertiary/aromatic N) is 1. The van der Waals surface area contributed by atoms with E-state index in [-0.39, 0.29) is 24.3 Å². The van der Waals surface area contributed by atoms with Crippen molar-refractivity contribution in [3.05, 3.63) is 35.4 Å². The van der Waals surface area contributed by atoms with Crippen molar-refractivity contribution in [3.63, 3.8) is 0 Å². The largest absolute Gasteiger partial charge is 0.416 e. The molecule has 2 aliphatic rings. The Bertz CT molecular complexity index is 610. The van der Waals surface area contributed by atoms with Gasteiger partial charge in [-0.25, -0.2) is 0 Å². The van der Waals surface area contributed by atoms with Crippen molar-refractivity contribution in [1.82, 2.24) is 4.90 Å². The highest BCUT2D eigenvalue weighted by molar-refractivity contribution is 5.79. The zero-order chi connectivity index (χ0) is 18.1. The van der Waals surface area contributed by atoms with Crippen LogP contribution in [0.25, 0.3) is 0 Å². The Morgan fingerprint density at radius 1 is 1.24 bits per heavy atom. The number of aliphatic hydroxyl groups excluding tert-OH is 1. The van der Waals surface area contributed by atoms with Gasteiger partial charge in [0.25, 0.3) is 0 Å². The third-order valence-electron chi connectivity index (χ3n) is 5.40. The average Bonchev–Trinajstić information content (AvgIpc) is 3.38. The summed E-state index contributed by atoms with van der Waals surface area (Å²) in [4.78, 5) is 14.4. The van der Waals surface area contributed by atoms with Crippen molar-refractivity contribution in [2.24, 2.45) is 11.3 Å². The number of aliphatic hydroxyl groups is 1. The predicted molar refractivity (Wildman–Crippen MR) is 87.8 cm³/mol. The maximum absolute atomic E-state index is 12.6. The van der Waals surface area contributed by atoms with E-state index in [9.17, 15) is 23.1 Å². The maximum atomic E-state index is 12.6. The number of likely N-dealkylation sites (tertiary alicyclic amines) is 1. The number of halogens is 3. The van der Waals surface area contributed by atoms with Crippen LogP contribution in [0.5, 0.6) is 0 Å². The molecule has 1 aliphatic heterocycles. The lowest BCUT2D eigenvalue weighted by Crippen LogP contribution is -2.48. The normalized spacial score (nSPS) is 24.4. The number of carbonyl (C=O) groups excluding carboxylic acids is 1. The van der Waals surface area contributed by atoms with Gasteiger partial charge in [0.1, 0.15) is 0 Å². The van der Waals surface area contributed by atoms with Gasteiger partial charge in [-0.2, -0.15) is 13.2 Å². The highest BCUT2D eigenvalue weighted by atomic mass is 19.4. The molecule has 138 valence electrons. The van der Waals surface area contributed by atoms with Gasteiger partial charge in [-0.1, -0.05) is 25.0 Å². The van der Waals surface area contributed by atoms with E-state index in [2.05, 4.69) is 0 Å². The molecule has 1 amide bonds. The van der Waals surface area contributed by atoms with Crippen LogP contribution in [-0.2, 0) is 17.4 Å². The lowest BCUT2D eigenvalue weighted by atomic mass is 9.76. The summed E-state index contributed by atoms with van der Waals surface area (Å²) < 4.78 is 37.8. The molecular weight excluding hydrogens is 331 g/mol. The molecule has 1 saturated carbocycles. The lowest BCUT2D eigenvalue weighted by molar-refractivity contribution is -0.137. The van der Waals surface area contributed by atoms with Crippen molar-refractivity contribution in [2.45, 2.75) is 44.7 Å². The molecule has 0 aromatic heterocycles. The molecule has 0 unspecified atom stereocenters. The van der Waals surface area contributed by atoms with Crippen molar-refractivity contribution in [2.75, 3.05) is 19.7 Å². The van der Waals surface area contributed by atoms with Gasteiger partial charge in [0, 0.05) is 18.5 Å². The smallest absolute Gasteiger partial charge is 0.396 e. The van der Waals surface area contributed by atoms with Crippen LogP contribution in [0.2, 0.25) is 0 Å². The first-order valence-electron chi connectivity index (χ1n) is 8.86. The minimum absolute atomic E-state index is 0.0759. The predicted octanol–water partition coefficient (Wildman–Crippen LogP) is 3.65. The van der Waals surface area contributed by atoms with Gasteiger partial charge in [0.15, 0.2) is 0 Å². The van der Waals surface area contributed by atoms with Crippen molar-refractivity contribution < 1.29 is 23.1 Å². The summed E-state index contributed by atoms with van der Waals surface area (Å²) >= 11 is 0. The number of amides is 1. The SMILES string of the molecule is O=C(Cc1ccc(C(F)(F)F)cc1)N1CCC[C@@](CO)(CC2CC2)C1. The van der Waals surface area contributed by atoms with Crippen LogP contribution in [0, 0.1) is 11.3 Å². The van der Waals surface area contributed by atoms with Crippen molar-refractivity contribution in [1.29, 1.82) is 0 Å². The minimum Gasteiger partial charge on any atom is -0.396 e. The number of benzene rings is 1. The van der Waals surface area contributed by atoms with E-state index >= 15 is 0 Å². The second-order valence-corrected chi connectivity index (χ2v) is 7.60. The number of carbonyl (C=O) groups is 1. The van der Waals surface area contributed by atoms with Gasteiger partial charge in [0.05, 0.1) is 18.6 Å². The molecule has 0 spiro atoms. The van der Waals surface area contributed by atoms with E-state index in [4.69, 9.17) is 0 Å². The van der Waals surface area contributed by atoms with E-state index in [1.54, 1.807) is 4.90 Å². The standard InChI is InChI=1S/C19H24F3NO2/c20-19(21,22)16-6-4-14(5-7-16)10-17(25)23-9-1-8-18(12-23,13-24)11-15-2-3-15/h4-7,15,24H,1-3,8-13H2/t18-/m1/s1. The Morgan fingerprint density at radius 3 is 2.48 bits per heavy atom. The number of hydrogen-bond acceptors (Lipinski definition) is 2. The zero-order valence-corrected chi connectivity index (χ0v) is 14.2. The zero-order valence-electron chi connectivity index (χ0n) is 14.2. The monoisotopic (exact) mass is 355 g/mol. The molecule has 1 N–H and O–H groups in total. The third kappa shape index (κ3) is 4.54. The van der Waals surface area contributed by atoms with Crippen LogP contribution in [-0.4, -0.2) is 35.6 Å². The average molecular weight is 355 g/mol. The second-order valence-electron chi connectivity index (χ2n) is 7.60. The lowest BCUT2D eigenvalue weighted by Gasteiger charge is -2.42. The van der Waals surface area contributed by atoms with E-state index in [1.807, 2.05) is 0 Å². The number of rotatable bonds is 5. The maximum Gasteiger partial charge on any atom is 0.416 e. The Morgan fingerprint density at radius 2 is 1.92 bits per heavy atom. The first-order chi connectivity index (χ1) is 11.8. The fourth-order valence-corrected chi connectivity index (χ4v) is 3.81. The van der Waals surface area contributed by atoms with Gasteiger partial charge in [-0.3, -0.25) is 4.79 Å². The number of hydrogen-bond donors (Lipinski definition) is 1. The third-order valence-corrected chi connectivity index (χ3v) is 5.40. The van der Waals surface area contributed by atoms with Gasteiger partial charge in [-0.05, 0) is 42.9 Å². The van der Waals surface area contributed by atoms with Gasteiger partial charge >= 0.3 is 6.18 Å². The minimum atomic E-state index is -4.36. The Hall–Kier alpha value is -1.56. The summed E-state index contributed by atoms with van der Waals surface area (Å²) in [6.07, 6.45) is 0.925. The van der Waals surface area contributed by atoms with E-state index in [0.717, 1.165) is 31.4 Å². The summed E-state index contributed by atoms with van der Waals surface area (Å²) in [7, 11) is 0. The molecule has 0 radical (unpaired) electrons. The van der Waals surface area contributed by atoms with E-state index < -0.39 is 11.7 Å². The molecule has 1 aromatic rings. The molecule has 25 heavy (non-hydrogen) atoms. The molecule has 6 heteroatoms. The molecule has 1 heterocycles. The summed E-state index contributed by atoms with van der Waals surface area (Å²) in [5, 5.41) is 9.87. The Balaban J connectivity index is 1.62. The molecule has 2 fully saturated rings. The highest BCUT2D eigenvalue weighted by Gasteiger charge is 2.40. The second kappa shape index (κ2) is 6.98. The van der Waals surface area contributed by atoms with Crippen LogP contribution < -0.4 is 0 Å². The topological polar surface area (TPSA) is 40.5 Å². The first kappa shape index (κ1) is 18.2. The fourth-order valence-electron chi connectivity index (χ4n) is 3.81. The van der Waals surface area contributed by atoms with Crippen LogP contribution >= 0.6 is 0 Å². The molecule has 3 nitrogen and oxygen atoms in total. The van der Waals surface area contributed by atoms with Crippen molar-refractivity contribution >= 4 is 5.91 Å². The summed E-state index contributed by atoms with van der Waals surface area (Å²) in [6.45, 7) is 1.30. The van der Waals surface area contributed by atoms with Crippen LogP contribution in [0.4, 0.5) is 13.2 Å². The van der Waals surface area contributed by atoms with Gasteiger partial charge in [-0.15, -0.1) is 0 Å². The number of piperidine rings is 1. The van der Waals surface area contributed by atoms with Crippen LogP contribution in [0.15, 0.2) is 24.3 Å². The van der Waals surface area contributed by atoms with Crippen LogP contribution in [0.1, 0.15) is 43.2 Å². The molecule has 1 atom stereocenters. The van der Waals surface area contributed by atoms with Gasteiger partial charge in [0.2, 0.25) is 5.91 Å². The van der Waals surface area contributed by atoms with Crippen LogP contribution in [0.3, 0.4) is 0 Å².